The number of rotatable bonds is 3. The standard InChI is InChI=1S/C13H18O/c1-9-6-5-7-10(2)13(9)11(3)8-12(4)14/h5-7,11H,8H2,1-4H3. The molecule has 1 unspecified atom stereocenters. The summed E-state index contributed by atoms with van der Waals surface area (Å²) < 4.78 is 0. The number of hydrogen-bond donors (Lipinski definition) is 0. The third-order valence-electron chi connectivity index (χ3n) is 2.63. The van der Waals surface area contributed by atoms with Gasteiger partial charge in [0.25, 0.3) is 0 Å². The van der Waals surface area contributed by atoms with Crippen molar-refractivity contribution in [2.24, 2.45) is 0 Å². The molecule has 0 saturated heterocycles. The molecule has 0 fully saturated rings. The average Bonchev–Trinajstić information content (AvgIpc) is 2.01. The molecule has 0 saturated carbocycles. The van der Waals surface area contributed by atoms with Crippen molar-refractivity contribution >= 4 is 5.78 Å². The number of ketones is 1. The Morgan fingerprint density at radius 1 is 1.29 bits per heavy atom. The topological polar surface area (TPSA) is 17.1 Å². The summed E-state index contributed by atoms with van der Waals surface area (Å²) in [4.78, 5) is 11.1. The van der Waals surface area contributed by atoms with Crippen molar-refractivity contribution < 1.29 is 4.79 Å². The van der Waals surface area contributed by atoms with E-state index in [1.807, 2.05) is 0 Å². The van der Waals surface area contributed by atoms with Crippen LogP contribution in [0.15, 0.2) is 18.2 Å². The van der Waals surface area contributed by atoms with Gasteiger partial charge in [0.1, 0.15) is 5.78 Å². The van der Waals surface area contributed by atoms with Crippen LogP contribution in [-0.4, -0.2) is 5.78 Å². The zero-order chi connectivity index (χ0) is 10.7. The fraction of sp³-hybridized carbons (Fsp3) is 0.462. The average molecular weight is 190 g/mol. The number of benzene rings is 1. The molecule has 0 heterocycles. The smallest absolute Gasteiger partial charge is 0.130 e. The normalized spacial score (nSPS) is 12.6. The van der Waals surface area contributed by atoms with E-state index in [1.54, 1.807) is 6.92 Å². The van der Waals surface area contributed by atoms with Crippen molar-refractivity contribution in [3.05, 3.63) is 34.9 Å². The Morgan fingerprint density at radius 3 is 2.21 bits per heavy atom. The summed E-state index contributed by atoms with van der Waals surface area (Å²) in [6, 6.07) is 6.28. The van der Waals surface area contributed by atoms with Crippen LogP contribution in [0.3, 0.4) is 0 Å². The number of hydrogen-bond acceptors (Lipinski definition) is 1. The summed E-state index contributed by atoms with van der Waals surface area (Å²) in [5, 5.41) is 0. The summed E-state index contributed by atoms with van der Waals surface area (Å²) in [5.41, 5.74) is 3.92. The highest BCUT2D eigenvalue weighted by Gasteiger charge is 2.12. The first-order chi connectivity index (χ1) is 6.52. The highest BCUT2D eigenvalue weighted by atomic mass is 16.1. The Labute approximate surface area is 86.1 Å². The molecular formula is C13H18O. The van der Waals surface area contributed by atoms with Gasteiger partial charge in [0.2, 0.25) is 0 Å². The maximum absolute atomic E-state index is 11.1. The maximum atomic E-state index is 11.1. The van der Waals surface area contributed by atoms with E-state index >= 15 is 0 Å². The van der Waals surface area contributed by atoms with Crippen LogP contribution in [0, 0.1) is 13.8 Å². The van der Waals surface area contributed by atoms with E-state index in [-0.39, 0.29) is 5.78 Å². The second-order valence-corrected chi connectivity index (χ2v) is 4.11. The molecule has 1 aromatic carbocycles. The van der Waals surface area contributed by atoms with Gasteiger partial charge in [-0.05, 0) is 43.4 Å². The van der Waals surface area contributed by atoms with Crippen LogP contribution in [0.2, 0.25) is 0 Å². The monoisotopic (exact) mass is 190 g/mol. The molecule has 1 heteroatoms. The van der Waals surface area contributed by atoms with E-state index < -0.39 is 0 Å². The number of Topliss-reactive ketones (excluding diaryl/α,β-unsaturated/α-hetero) is 1. The third-order valence-corrected chi connectivity index (χ3v) is 2.63. The van der Waals surface area contributed by atoms with Gasteiger partial charge in [-0.3, -0.25) is 0 Å². The predicted octanol–water partition coefficient (Wildman–Crippen LogP) is 3.39. The van der Waals surface area contributed by atoms with Gasteiger partial charge >= 0.3 is 0 Å². The van der Waals surface area contributed by atoms with E-state index in [4.69, 9.17) is 0 Å². The van der Waals surface area contributed by atoms with E-state index in [0.717, 1.165) is 0 Å². The highest BCUT2D eigenvalue weighted by Crippen LogP contribution is 2.25. The fourth-order valence-corrected chi connectivity index (χ4v) is 2.14. The SMILES string of the molecule is CC(=O)CC(C)c1c(C)cccc1C. The minimum Gasteiger partial charge on any atom is -0.300 e. The molecule has 1 aromatic rings. The zero-order valence-electron chi connectivity index (χ0n) is 9.42. The van der Waals surface area contributed by atoms with Crippen molar-refractivity contribution in [3.8, 4) is 0 Å². The van der Waals surface area contributed by atoms with E-state index in [0.29, 0.717) is 12.3 Å². The van der Waals surface area contributed by atoms with Gasteiger partial charge in [0.15, 0.2) is 0 Å². The minimum absolute atomic E-state index is 0.264. The lowest BCUT2D eigenvalue weighted by Crippen LogP contribution is -2.04. The molecule has 1 atom stereocenters. The molecule has 1 nitrogen and oxygen atoms in total. The highest BCUT2D eigenvalue weighted by molar-refractivity contribution is 5.76. The van der Waals surface area contributed by atoms with Crippen molar-refractivity contribution in [3.63, 3.8) is 0 Å². The second-order valence-electron chi connectivity index (χ2n) is 4.11. The first-order valence-electron chi connectivity index (χ1n) is 5.08. The van der Waals surface area contributed by atoms with E-state index in [2.05, 4.69) is 39.0 Å². The summed E-state index contributed by atoms with van der Waals surface area (Å²) in [7, 11) is 0. The molecule has 0 aliphatic carbocycles. The summed E-state index contributed by atoms with van der Waals surface area (Å²) in [6.45, 7) is 8.00. The first kappa shape index (κ1) is 11.0. The molecule has 0 N–H and O–H groups in total. The Hall–Kier alpha value is -1.11. The molecule has 0 bridgehead atoms. The molecule has 0 amide bonds. The van der Waals surface area contributed by atoms with Gasteiger partial charge in [-0.25, -0.2) is 0 Å². The van der Waals surface area contributed by atoms with Crippen molar-refractivity contribution in [2.75, 3.05) is 0 Å². The Balaban J connectivity index is 2.99. The predicted molar refractivity (Wildman–Crippen MR) is 59.6 cm³/mol. The molecule has 0 aliphatic heterocycles. The number of carbonyl (C=O) groups is 1. The van der Waals surface area contributed by atoms with E-state index in [9.17, 15) is 4.79 Å². The third kappa shape index (κ3) is 2.44. The van der Waals surface area contributed by atoms with E-state index in [1.165, 1.54) is 16.7 Å². The van der Waals surface area contributed by atoms with Gasteiger partial charge in [0, 0.05) is 6.42 Å². The van der Waals surface area contributed by atoms with Crippen LogP contribution < -0.4 is 0 Å². The Kier molecular flexibility index (Phi) is 3.45. The van der Waals surface area contributed by atoms with Gasteiger partial charge < -0.3 is 4.79 Å². The van der Waals surface area contributed by atoms with Crippen LogP contribution in [0.5, 0.6) is 0 Å². The largest absolute Gasteiger partial charge is 0.300 e. The summed E-state index contributed by atoms with van der Waals surface area (Å²) in [6.07, 6.45) is 0.645. The molecule has 0 radical (unpaired) electrons. The quantitative estimate of drug-likeness (QED) is 0.714. The van der Waals surface area contributed by atoms with Crippen LogP contribution >= 0.6 is 0 Å². The number of aryl methyl sites for hydroxylation is 2. The van der Waals surface area contributed by atoms with Gasteiger partial charge in [-0.1, -0.05) is 25.1 Å². The van der Waals surface area contributed by atoms with Crippen LogP contribution in [0.1, 0.15) is 42.9 Å². The van der Waals surface area contributed by atoms with Crippen molar-refractivity contribution in [1.82, 2.24) is 0 Å². The fourth-order valence-electron chi connectivity index (χ4n) is 2.14. The Morgan fingerprint density at radius 2 is 1.79 bits per heavy atom. The zero-order valence-corrected chi connectivity index (χ0v) is 9.42. The summed E-state index contributed by atoms with van der Waals surface area (Å²) in [5.74, 6) is 0.605. The summed E-state index contributed by atoms with van der Waals surface area (Å²) >= 11 is 0. The Bertz CT molecular complexity index is 319. The lowest BCUT2D eigenvalue weighted by Gasteiger charge is -2.15. The molecule has 14 heavy (non-hydrogen) atoms. The maximum Gasteiger partial charge on any atom is 0.130 e. The lowest BCUT2D eigenvalue weighted by molar-refractivity contribution is -0.117. The lowest BCUT2D eigenvalue weighted by atomic mass is 9.89. The molecule has 1 rings (SSSR count). The van der Waals surface area contributed by atoms with Crippen molar-refractivity contribution in [2.45, 2.75) is 40.0 Å². The first-order valence-corrected chi connectivity index (χ1v) is 5.08. The molecule has 0 spiro atoms. The van der Waals surface area contributed by atoms with Crippen LogP contribution in [0.25, 0.3) is 0 Å². The molecule has 76 valence electrons. The second kappa shape index (κ2) is 4.41. The van der Waals surface area contributed by atoms with Crippen LogP contribution in [-0.2, 0) is 4.79 Å². The van der Waals surface area contributed by atoms with Gasteiger partial charge in [-0.2, -0.15) is 0 Å². The molecule has 0 aliphatic rings. The van der Waals surface area contributed by atoms with Gasteiger partial charge in [-0.15, -0.1) is 0 Å². The van der Waals surface area contributed by atoms with Crippen molar-refractivity contribution in [1.29, 1.82) is 0 Å². The molecular weight excluding hydrogens is 172 g/mol. The van der Waals surface area contributed by atoms with Gasteiger partial charge in [0.05, 0.1) is 0 Å². The number of carbonyl (C=O) groups excluding carboxylic acids is 1. The van der Waals surface area contributed by atoms with Crippen LogP contribution in [0.4, 0.5) is 0 Å². The minimum atomic E-state index is 0.264. The molecule has 0 aromatic heterocycles.